The third-order valence-corrected chi connectivity index (χ3v) is 3.26. The molecule has 2 unspecified atom stereocenters. The first-order valence-corrected chi connectivity index (χ1v) is 6.84. The fraction of sp³-hybridized carbons (Fsp3) is 0.923. The van der Waals surface area contributed by atoms with Crippen LogP contribution < -0.4 is 10.6 Å². The molecule has 1 saturated heterocycles. The van der Waals surface area contributed by atoms with Crippen LogP contribution >= 0.6 is 0 Å². The van der Waals surface area contributed by atoms with E-state index in [0.717, 1.165) is 44.8 Å². The number of nitrogens with one attached hydrogen (secondary N) is 2. The van der Waals surface area contributed by atoms with Crippen LogP contribution in [0.2, 0.25) is 0 Å². The zero-order chi connectivity index (χ0) is 12.5. The lowest BCUT2D eigenvalue weighted by Crippen LogP contribution is -2.35. The number of amides is 1. The Hall–Kier alpha value is -0.610. The summed E-state index contributed by atoms with van der Waals surface area (Å²) in [6, 6.07) is 0. The second kappa shape index (κ2) is 8.48. The van der Waals surface area contributed by atoms with Gasteiger partial charge in [-0.3, -0.25) is 4.79 Å². The molecule has 4 heteroatoms. The molecule has 0 aromatic carbocycles. The van der Waals surface area contributed by atoms with Crippen LogP contribution in [0.5, 0.6) is 0 Å². The van der Waals surface area contributed by atoms with E-state index in [9.17, 15) is 4.79 Å². The lowest BCUT2D eigenvalue weighted by atomic mass is 10.1. The van der Waals surface area contributed by atoms with Gasteiger partial charge >= 0.3 is 0 Å². The number of hydrogen-bond acceptors (Lipinski definition) is 3. The molecule has 0 spiro atoms. The molecule has 1 aliphatic rings. The van der Waals surface area contributed by atoms with Gasteiger partial charge < -0.3 is 15.4 Å². The lowest BCUT2D eigenvalue weighted by molar-refractivity contribution is -0.131. The fourth-order valence-corrected chi connectivity index (χ4v) is 1.98. The molecule has 0 aromatic rings. The molecule has 1 fully saturated rings. The molecular weight excluding hydrogens is 216 g/mol. The highest BCUT2D eigenvalue weighted by Crippen LogP contribution is 2.12. The van der Waals surface area contributed by atoms with Gasteiger partial charge in [0.2, 0.25) is 5.91 Å². The highest BCUT2D eigenvalue weighted by molar-refractivity contribution is 5.80. The van der Waals surface area contributed by atoms with Crippen LogP contribution in [0.15, 0.2) is 0 Å². The maximum absolute atomic E-state index is 11.6. The van der Waals surface area contributed by atoms with Crippen LogP contribution in [0, 0.1) is 5.92 Å². The highest BCUT2D eigenvalue weighted by atomic mass is 16.5. The minimum Gasteiger partial charge on any atom is -0.369 e. The molecule has 1 aliphatic heterocycles. The average molecular weight is 242 g/mol. The Morgan fingerprint density at radius 2 is 2.41 bits per heavy atom. The fourth-order valence-electron chi connectivity index (χ4n) is 1.98. The Morgan fingerprint density at radius 3 is 3.06 bits per heavy atom. The van der Waals surface area contributed by atoms with E-state index in [-0.39, 0.29) is 12.0 Å². The van der Waals surface area contributed by atoms with Crippen molar-refractivity contribution in [3.8, 4) is 0 Å². The van der Waals surface area contributed by atoms with Crippen molar-refractivity contribution in [3.63, 3.8) is 0 Å². The molecule has 1 rings (SSSR count). The molecule has 0 radical (unpaired) electrons. The molecule has 0 aliphatic carbocycles. The third kappa shape index (κ3) is 6.03. The summed E-state index contributed by atoms with van der Waals surface area (Å²) in [7, 11) is 0. The van der Waals surface area contributed by atoms with Gasteiger partial charge in [0, 0.05) is 13.2 Å². The first-order chi connectivity index (χ1) is 8.24. The van der Waals surface area contributed by atoms with Crippen LogP contribution in [0.3, 0.4) is 0 Å². The van der Waals surface area contributed by atoms with E-state index in [4.69, 9.17) is 4.74 Å². The van der Waals surface area contributed by atoms with Gasteiger partial charge in [-0.1, -0.05) is 13.3 Å². The Balaban J connectivity index is 2.02. The topological polar surface area (TPSA) is 50.4 Å². The number of unbranched alkanes of at least 4 members (excludes halogenated alkanes) is 1. The van der Waals surface area contributed by atoms with Gasteiger partial charge in [0.25, 0.3) is 0 Å². The number of carbonyl (C=O) groups is 1. The first-order valence-electron chi connectivity index (χ1n) is 6.84. The van der Waals surface area contributed by atoms with E-state index in [1.165, 1.54) is 6.42 Å². The van der Waals surface area contributed by atoms with Crippen molar-refractivity contribution in [1.29, 1.82) is 0 Å². The van der Waals surface area contributed by atoms with Gasteiger partial charge in [0.05, 0.1) is 0 Å². The quantitative estimate of drug-likeness (QED) is 0.631. The zero-order valence-corrected chi connectivity index (χ0v) is 11.1. The minimum atomic E-state index is -0.318. The Kier molecular flexibility index (Phi) is 7.21. The molecule has 1 heterocycles. The van der Waals surface area contributed by atoms with Gasteiger partial charge in [0.1, 0.15) is 6.10 Å². The van der Waals surface area contributed by atoms with Crippen LogP contribution in [0.25, 0.3) is 0 Å². The number of carbonyl (C=O) groups excluding carboxylic acids is 1. The van der Waals surface area contributed by atoms with Gasteiger partial charge in [-0.2, -0.15) is 0 Å². The van der Waals surface area contributed by atoms with Crippen molar-refractivity contribution in [2.75, 3.05) is 26.2 Å². The van der Waals surface area contributed by atoms with Crippen molar-refractivity contribution in [1.82, 2.24) is 10.6 Å². The maximum atomic E-state index is 11.6. The molecule has 0 saturated carbocycles. The molecule has 100 valence electrons. The van der Waals surface area contributed by atoms with Gasteiger partial charge in [-0.05, 0) is 45.2 Å². The molecule has 0 aromatic heterocycles. The normalized spacial score (nSPS) is 21.4. The van der Waals surface area contributed by atoms with E-state index in [1.807, 2.05) is 6.92 Å². The van der Waals surface area contributed by atoms with Gasteiger partial charge in [0.15, 0.2) is 0 Å². The second-order valence-corrected chi connectivity index (χ2v) is 4.81. The maximum Gasteiger partial charge on any atom is 0.248 e. The Morgan fingerprint density at radius 1 is 1.59 bits per heavy atom. The van der Waals surface area contributed by atoms with Crippen molar-refractivity contribution in [2.45, 2.75) is 45.6 Å². The summed E-state index contributed by atoms with van der Waals surface area (Å²) in [4.78, 5) is 11.6. The van der Waals surface area contributed by atoms with E-state index >= 15 is 0 Å². The van der Waals surface area contributed by atoms with Gasteiger partial charge in [-0.25, -0.2) is 0 Å². The van der Waals surface area contributed by atoms with Crippen LogP contribution in [-0.4, -0.2) is 38.3 Å². The zero-order valence-electron chi connectivity index (χ0n) is 11.1. The Bertz CT molecular complexity index is 215. The van der Waals surface area contributed by atoms with Crippen molar-refractivity contribution in [2.24, 2.45) is 5.92 Å². The van der Waals surface area contributed by atoms with E-state index in [0.29, 0.717) is 6.61 Å². The number of ether oxygens (including phenoxy) is 1. The molecule has 2 N–H and O–H groups in total. The summed E-state index contributed by atoms with van der Waals surface area (Å²) in [5.41, 5.74) is 0. The van der Waals surface area contributed by atoms with Gasteiger partial charge in [-0.15, -0.1) is 0 Å². The van der Waals surface area contributed by atoms with Crippen molar-refractivity contribution in [3.05, 3.63) is 0 Å². The molecular formula is C13H26N2O2. The van der Waals surface area contributed by atoms with Crippen LogP contribution in [0.1, 0.15) is 39.5 Å². The summed E-state index contributed by atoms with van der Waals surface area (Å²) < 4.78 is 5.56. The summed E-state index contributed by atoms with van der Waals surface area (Å²) in [5, 5.41) is 6.22. The molecule has 1 amide bonds. The molecule has 17 heavy (non-hydrogen) atoms. The standard InChI is InChI=1S/C13H26N2O2/c1-3-4-7-15-13(16)11(2)17-9-6-12-5-8-14-10-12/h11-12,14H,3-10H2,1-2H3,(H,15,16). The van der Waals surface area contributed by atoms with Crippen LogP contribution in [-0.2, 0) is 9.53 Å². The van der Waals surface area contributed by atoms with E-state index < -0.39 is 0 Å². The summed E-state index contributed by atoms with van der Waals surface area (Å²) in [5.74, 6) is 0.744. The second-order valence-electron chi connectivity index (χ2n) is 4.81. The predicted octanol–water partition coefficient (Wildman–Crippen LogP) is 1.31. The SMILES string of the molecule is CCCCNC(=O)C(C)OCCC1CCNC1. The van der Waals surface area contributed by atoms with E-state index in [2.05, 4.69) is 17.6 Å². The minimum absolute atomic E-state index is 0.0167. The largest absolute Gasteiger partial charge is 0.369 e. The summed E-state index contributed by atoms with van der Waals surface area (Å²) in [6.07, 6.45) is 4.11. The summed E-state index contributed by atoms with van der Waals surface area (Å²) in [6.45, 7) is 7.61. The average Bonchev–Trinajstić information content (AvgIpc) is 2.82. The highest BCUT2D eigenvalue weighted by Gasteiger charge is 2.16. The lowest BCUT2D eigenvalue weighted by Gasteiger charge is -2.14. The summed E-state index contributed by atoms with van der Waals surface area (Å²) >= 11 is 0. The predicted molar refractivity (Wildman–Crippen MR) is 68.9 cm³/mol. The Labute approximate surface area is 104 Å². The monoisotopic (exact) mass is 242 g/mol. The molecule has 4 nitrogen and oxygen atoms in total. The first kappa shape index (κ1) is 14.5. The van der Waals surface area contributed by atoms with Crippen molar-refractivity contribution >= 4 is 5.91 Å². The van der Waals surface area contributed by atoms with Crippen LogP contribution in [0.4, 0.5) is 0 Å². The number of hydrogen-bond donors (Lipinski definition) is 2. The number of rotatable bonds is 8. The third-order valence-electron chi connectivity index (χ3n) is 3.26. The molecule has 2 atom stereocenters. The van der Waals surface area contributed by atoms with Crippen molar-refractivity contribution < 1.29 is 9.53 Å². The smallest absolute Gasteiger partial charge is 0.248 e. The molecule has 0 bridgehead atoms. The van der Waals surface area contributed by atoms with E-state index in [1.54, 1.807) is 0 Å².